The molecule has 3 nitrogen and oxygen atoms in total. The maximum Gasteiger partial charge on any atom is 0.164 e. The Balaban J connectivity index is 2.24. The lowest BCUT2D eigenvalue weighted by atomic mass is 10.1. The molecule has 6 heteroatoms. The van der Waals surface area contributed by atoms with Crippen LogP contribution in [0.15, 0.2) is 36.4 Å². The molecule has 0 saturated heterocycles. The van der Waals surface area contributed by atoms with E-state index in [2.05, 4.69) is 9.97 Å². The number of fused-ring (bicyclic) bond motifs is 1. The second-order valence-electron chi connectivity index (χ2n) is 4.32. The Bertz CT molecular complexity index is 839. The molecule has 0 aliphatic rings. The van der Waals surface area contributed by atoms with Gasteiger partial charge in [-0.25, -0.2) is 18.7 Å². The van der Waals surface area contributed by atoms with Gasteiger partial charge in [0.05, 0.1) is 12.7 Å². The summed E-state index contributed by atoms with van der Waals surface area (Å²) in [5, 5.41) is 0.457. The van der Waals surface area contributed by atoms with Gasteiger partial charge in [0.15, 0.2) is 5.82 Å². The Morgan fingerprint density at radius 3 is 2.57 bits per heavy atom. The number of halogens is 3. The van der Waals surface area contributed by atoms with Crippen LogP contribution >= 0.6 is 11.6 Å². The molecule has 0 atom stereocenters. The van der Waals surface area contributed by atoms with Gasteiger partial charge in [-0.05, 0) is 24.3 Å². The molecule has 3 rings (SSSR count). The fourth-order valence-electron chi connectivity index (χ4n) is 2.00. The maximum absolute atomic E-state index is 14.1. The van der Waals surface area contributed by atoms with Crippen LogP contribution in [0.4, 0.5) is 8.78 Å². The fraction of sp³-hybridized carbons (Fsp3) is 0.0667. The summed E-state index contributed by atoms with van der Waals surface area (Å²) in [6, 6.07) is 8.63. The molecule has 0 radical (unpaired) electrons. The Kier molecular flexibility index (Phi) is 3.43. The van der Waals surface area contributed by atoms with E-state index in [0.29, 0.717) is 11.1 Å². The van der Waals surface area contributed by atoms with Crippen LogP contribution in [0.2, 0.25) is 5.15 Å². The topological polar surface area (TPSA) is 35.0 Å². The van der Waals surface area contributed by atoms with Crippen molar-refractivity contribution in [1.29, 1.82) is 0 Å². The van der Waals surface area contributed by atoms with Crippen LogP contribution in [0.25, 0.3) is 22.3 Å². The van der Waals surface area contributed by atoms with Gasteiger partial charge in [0.2, 0.25) is 0 Å². The van der Waals surface area contributed by atoms with E-state index in [1.165, 1.54) is 31.4 Å². The number of benzene rings is 2. The molecule has 0 amide bonds. The third-order valence-electron chi connectivity index (χ3n) is 3.05. The van der Waals surface area contributed by atoms with Gasteiger partial charge in [-0.1, -0.05) is 17.7 Å². The average Bonchev–Trinajstić information content (AvgIpc) is 2.48. The van der Waals surface area contributed by atoms with E-state index in [0.717, 1.165) is 0 Å². The minimum absolute atomic E-state index is 0.0257. The molecule has 0 fully saturated rings. The van der Waals surface area contributed by atoms with Crippen LogP contribution < -0.4 is 4.74 Å². The van der Waals surface area contributed by atoms with Crippen molar-refractivity contribution in [3.05, 3.63) is 53.2 Å². The van der Waals surface area contributed by atoms with Gasteiger partial charge in [-0.15, -0.1) is 0 Å². The number of hydrogen-bond donors (Lipinski definition) is 0. The molecule has 2 aromatic carbocycles. The molecular weight excluding hydrogens is 298 g/mol. The average molecular weight is 307 g/mol. The summed E-state index contributed by atoms with van der Waals surface area (Å²) in [5.74, 6) is -0.708. The highest BCUT2D eigenvalue weighted by Gasteiger charge is 2.14. The van der Waals surface area contributed by atoms with Crippen molar-refractivity contribution in [2.45, 2.75) is 0 Å². The minimum atomic E-state index is -0.568. The third-order valence-corrected chi connectivity index (χ3v) is 3.34. The smallest absolute Gasteiger partial charge is 0.164 e. The first-order valence-corrected chi connectivity index (χ1v) is 6.43. The Hall–Kier alpha value is -2.27. The number of rotatable bonds is 2. The second-order valence-corrected chi connectivity index (χ2v) is 4.68. The molecule has 0 aliphatic carbocycles. The van der Waals surface area contributed by atoms with E-state index < -0.39 is 11.6 Å². The summed E-state index contributed by atoms with van der Waals surface area (Å²) in [6.07, 6.45) is 0. The molecule has 0 aliphatic heterocycles. The zero-order valence-corrected chi connectivity index (χ0v) is 11.7. The molecule has 0 unspecified atom stereocenters. The van der Waals surface area contributed by atoms with Gasteiger partial charge in [0.1, 0.15) is 28.1 Å². The quantitative estimate of drug-likeness (QED) is 0.664. The van der Waals surface area contributed by atoms with E-state index in [1.54, 1.807) is 12.1 Å². The first kappa shape index (κ1) is 13.7. The predicted octanol–water partition coefficient (Wildman–Crippen LogP) is 4.24. The van der Waals surface area contributed by atoms with Crippen LogP contribution in [0.1, 0.15) is 0 Å². The summed E-state index contributed by atoms with van der Waals surface area (Å²) in [5.41, 5.74) is 0.186. The zero-order valence-electron chi connectivity index (χ0n) is 10.9. The number of ether oxygens (including phenoxy) is 1. The minimum Gasteiger partial charge on any atom is -0.497 e. The van der Waals surface area contributed by atoms with Crippen molar-refractivity contribution in [3.63, 3.8) is 0 Å². The lowest BCUT2D eigenvalue weighted by Crippen LogP contribution is -1.96. The SMILES string of the molecule is COc1ccc(-c2nc(Cl)c3cccc(F)c3n2)c(F)c1. The zero-order chi connectivity index (χ0) is 15.0. The molecule has 106 valence electrons. The highest BCUT2D eigenvalue weighted by Crippen LogP contribution is 2.29. The van der Waals surface area contributed by atoms with Gasteiger partial charge in [0.25, 0.3) is 0 Å². The van der Waals surface area contributed by atoms with Crippen LogP contribution in [-0.2, 0) is 0 Å². The van der Waals surface area contributed by atoms with Crippen molar-refractivity contribution < 1.29 is 13.5 Å². The second kappa shape index (κ2) is 5.26. The van der Waals surface area contributed by atoms with Crippen molar-refractivity contribution in [2.75, 3.05) is 7.11 Å². The fourth-order valence-corrected chi connectivity index (χ4v) is 2.24. The number of para-hydroxylation sites is 1. The maximum atomic E-state index is 14.1. The highest BCUT2D eigenvalue weighted by molar-refractivity contribution is 6.34. The standard InChI is InChI=1S/C15H9ClF2N2O/c1-21-8-5-6-9(12(18)7-8)15-19-13-10(14(16)20-15)3-2-4-11(13)17/h2-7H,1H3. The predicted molar refractivity (Wildman–Crippen MR) is 76.5 cm³/mol. The molecule has 21 heavy (non-hydrogen) atoms. The number of aromatic nitrogens is 2. The molecule has 0 saturated carbocycles. The lowest BCUT2D eigenvalue weighted by Gasteiger charge is -2.07. The monoisotopic (exact) mass is 306 g/mol. The van der Waals surface area contributed by atoms with E-state index in [1.807, 2.05) is 0 Å². The Morgan fingerprint density at radius 1 is 1.05 bits per heavy atom. The summed E-state index contributed by atoms with van der Waals surface area (Å²) in [6.45, 7) is 0. The summed E-state index contributed by atoms with van der Waals surface area (Å²) >= 11 is 6.03. The first-order valence-electron chi connectivity index (χ1n) is 6.06. The van der Waals surface area contributed by atoms with Crippen LogP contribution in [-0.4, -0.2) is 17.1 Å². The Labute approximate surface area is 124 Å². The van der Waals surface area contributed by atoms with E-state index in [-0.39, 0.29) is 22.1 Å². The van der Waals surface area contributed by atoms with Crippen LogP contribution in [0, 0.1) is 11.6 Å². The molecule has 1 heterocycles. The molecular formula is C15H9ClF2N2O. The number of nitrogens with zero attached hydrogens (tertiary/aromatic N) is 2. The van der Waals surface area contributed by atoms with E-state index in [9.17, 15) is 8.78 Å². The Morgan fingerprint density at radius 2 is 1.86 bits per heavy atom. The normalized spacial score (nSPS) is 10.9. The molecule has 3 aromatic rings. The van der Waals surface area contributed by atoms with Crippen LogP contribution in [0.3, 0.4) is 0 Å². The van der Waals surface area contributed by atoms with E-state index >= 15 is 0 Å². The largest absolute Gasteiger partial charge is 0.497 e. The first-order chi connectivity index (χ1) is 10.1. The highest BCUT2D eigenvalue weighted by atomic mass is 35.5. The van der Waals surface area contributed by atoms with Gasteiger partial charge >= 0.3 is 0 Å². The molecule has 1 aromatic heterocycles. The van der Waals surface area contributed by atoms with Crippen molar-refractivity contribution in [2.24, 2.45) is 0 Å². The van der Waals surface area contributed by atoms with Crippen LogP contribution in [0.5, 0.6) is 5.75 Å². The van der Waals surface area contributed by atoms with E-state index in [4.69, 9.17) is 16.3 Å². The lowest BCUT2D eigenvalue weighted by molar-refractivity contribution is 0.411. The number of methoxy groups -OCH3 is 1. The van der Waals surface area contributed by atoms with Gasteiger partial charge < -0.3 is 4.74 Å². The summed E-state index contributed by atoms with van der Waals surface area (Å²) < 4.78 is 32.8. The van der Waals surface area contributed by atoms with Crippen molar-refractivity contribution in [3.8, 4) is 17.1 Å². The van der Waals surface area contributed by atoms with Gasteiger partial charge in [-0.2, -0.15) is 0 Å². The molecule has 0 spiro atoms. The van der Waals surface area contributed by atoms with Gasteiger partial charge in [0, 0.05) is 11.5 Å². The summed E-state index contributed by atoms with van der Waals surface area (Å²) in [7, 11) is 1.44. The molecule has 0 N–H and O–H groups in total. The van der Waals surface area contributed by atoms with Crippen molar-refractivity contribution >= 4 is 22.5 Å². The summed E-state index contributed by atoms with van der Waals surface area (Å²) in [4.78, 5) is 8.11. The third kappa shape index (κ3) is 2.40. The number of hydrogen-bond acceptors (Lipinski definition) is 3. The van der Waals surface area contributed by atoms with Gasteiger partial charge in [-0.3, -0.25) is 0 Å². The van der Waals surface area contributed by atoms with Crippen molar-refractivity contribution in [1.82, 2.24) is 9.97 Å². The molecule has 0 bridgehead atoms.